The number of hydrogen-bond acceptors (Lipinski definition) is 1. The zero-order valence-electron chi connectivity index (χ0n) is 7.09. The maximum absolute atomic E-state index is 8.79. The Bertz CT molecular complexity index is 176. The highest BCUT2D eigenvalue weighted by Gasteiger charge is 2.17. The van der Waals surface area contributed by atoms with E-state index in [1.807, 2.05) is 0 Å². The molecule has 0 aromatic carbocycles. The van der Waals surface area contributed by atoms with E-state index < -0.39 is 0 Å². The van der Waals surface area contributed by atoms with Crippen LogP contribution in [0.1, 0.15) is 32.6 Å². The predicted molar refractivity (Wildman–Crippen MR) is 45.9 cm³/mol. The van der Waals surface area contributed by atoms with Gasteiger partial charge in [0.05, 0.1) is 12.0 Å². The van der Waals surface area contributed by atoms with Gasteiger partial charge in [0.15, 0.2) is 0 Å². The summed E-state index contributed by atoms with van der Waals surface area (Å²) in [6, 6.07) is 2.37. The molecule has 1 aliphatic carbocycles. The lowest BCUT2D eigenvalue weighted by Crippen LogP contribution is -2.11. The van der Waals surface area contributed by atoms with Gasteiger partial charge in [0.1, 0.15) is 0 Å². The molecule has 1 nitrogen and oxygen atoms in total. The van der Waals surface area contributed by atoms with Crippen LogP contribution in [0.25, 0.3) is 0 Å². The lowest BCUT2D eigenvalue weighted by atomic mass is 9.84. The molecule has 0 radical (unpaired) electrons. The largest absolute Gasteiger partial charge is 0.198 e. The van der Waals surface area contributed by atoms with Crippen LogP contribution in [-0.4, -0.2) is 0 Å². The van der Waals surface area contributed by atoms with Crippen LogP contribution in [0.3, 0.4) is 0 Å². The molecule has 0 amide bonds. The van der Waals surface area contributed by atoms with Gasteiger partial charge in [-0.1, -0.05) is 19.1 Å². The molecule has 0 spiro atoms. The van der Waals surface area contributed by atoms with E-state index in [9.17, 15) is 0 Å². The predicted octanol–water partition coefficient (Wildman–Crippen LogP) is 2.89. The number of allylic oxidation sites excluding steroid dienone is 2. The molecule has 1 aliphatic rings. The van der Waals surface area contributed by atoms with E-state index in [0.29, 0.717) is 5.92 Å². The molecule has 11 heavy (non-hydrogen) atoms. The fraction of sp³-hybridized carbons (Fsp3) is 0.700. The van der Waals surface area contributed by atoms with Gasteiger partial charge in [-0.2, -0.15) is 5.26 Å². The zero-order valence-corrected chi connectivity index (χ0v) is 7.09. The topological polar surface area (TPSA) is 23.8 Å². The fourth-order valence-electron chi connectivity index (χ4n) is 1.66. The molecular formula is C10H15N. The second-order valence-corrected chi connectivity index (χ2v) is 3.17. The Hall–Kier alpha value is -0.770. The van der Waals surface area contributed by atoms with Crippen LogP contribution in [0, 0.1) is 23.2 Å². The Morgan fingerprint density at radius 2 is 2.55 bits per heavy atom. The molecule has 0 aromatic rings. The molecule has 0 bridgehead atoms. The van der Waals surface area contributed by atoms with Crippen LogP contribution in [0.2, 0.25) is 0 Å². The highest BCUT2D eigenvalue weighted by molar-refractivity contribution is 5.01. The first-order valence-corrected chi connectivity index (χ1v) is 4.44. The van der Waals surface area contributed by atoms with Crippen LogP contribution in [0.5, 0.6) is 0 Å². The third-order valence-corrected chi connectivity index (χ3v) is 2.41. The van der Waals surface area contributed by atoms with Crippen molar-refractivity contribution < 1.29 is 0 Å². The van der Waals surface area contributed by atoms with Crippen molar-refractivity contribution in [1.82, 2.24) is 0 Å². The van der Waals surface area contributed by atoms with Gasteiger partial charge in [0.25, 0.3) is 0 Å². The second kappa shape index (κ2) is 4.18. The molecule has 1 rings (SSSR count). The number of rotatable bonds is 2. The van der Waals surface area contributed by atoms with Crippen LogP contribution in [-0.2, 0) is 0 Å². The van der Waals surface area contributed by atoms with Crippen molar-refractivity contribution in [2.45, 2.75) is 32.6 Å². The number of nitrogens with zero attached hydrogens (tertiary/aromatic N) is 1. The summed E-state index contributed by atoms with van der Waals surface area (Å²) in [5, 5.41) is 8.79. The normalized spacial score (nSPS) is 26.0. The minimum Gasteiger partial charge on any atom is -0.198 e. The van der Waals surface area contributed by atoms with E-state index in [1.165, 1.54) is 19.3 Å². The van der Waals surface area contributed by atoms with E-state index in [2.05, 4.69) is 25.1 Å². The molecule has 0 saturated carbocycles. The van der Waals surface area contributed by atoms with E-state index in [-0.39, 0.29) is 5.92 Å². The smallest absolute Gasteiger partial charge is 0.0661 e. The first-order valence-electron chi connectivity index (χ1n) is 4.44. The van der Waals surface area contributed by atoms with Crippen LogP contribution in [0.4, 0.5) is 0 Å². The van der Waals surface area contributed by atoms with E-state index in [4.69, 9.17) is 5.26 Å². The van der Waals surface area contributed by atoms with Gasteiger partial charge in [0, 0.05) is 0 Å². The van der Waals surface area contributed by atoms with Crippen LogP contribution in [0.15, 0.2) is 12.2 Å². The monoisotopic (exact) mass is 149 g/mol. The summed E-state index contributed by atoms with van der Waals surface area (Å²) >= 11 is 0. The van der Waals surface area contributed by atoms with Gasteiger partial charge >= 0.3 is 0 Å². The summed E-state index contributed by atoms with van der Waals surface area (Å²) in [5.41, 5.74) is 0. The molecule has 0 heterocycles. The Morgan fingerprint density at radius 1 is 1.73 bits per heavy atom. The minimum atomic E-state index is 0.256. The van der Waals surface area contributed by atoms with Crippen molar-refractivity contribution >= 4 is 0 Å². The summed E-state index contributed by atoms with van der Waals surface area (Å²) in [6.45, 7) is 2.09. The number of nitriles is 1. The third kappa shape index (κ3) is 2.08. The van der Waals surface area contributed by atoms with Gasteiger partial charge in [-0.15, -0.1) is 0 Å². The molecular weight excluding hydrogens is 134 g/mol. The Morgan fingerprint density at radius 3 is 3.00 bits per heavy atom. The summed E-state index contributed by atoms with van der Waals surface area (Å²) in [4.78, 5) is 0. The Kier molecular flexibility index (Phi) is 3.16. The molecule has 2 atom stereocenters. The SMILES string of the molecule is CCC(C#N)C1C=CCCC1. The standard InChI is InChI=1S/C10H15N/c1-2-9(8-11)10-6-4-3-5-7-10/h4,6,9-10H,2-3,5,7H2,1H3. The third-order valence-electron chi connectivity index (χ3n) is 2.41. The van der Waals surface area contributed by atoms with Crippen LogP contribution >= 0.6 is 0 Å². The van der Waals surface area contributed by atoms with Gasteiger partial charge in [0.2, 0.25) is 0 Å². The average Bonchev–Trinajstić information content (AvgIpc) is 2.09. The minimum absolute atomic E-state index is 0.256. The van der Waals surface area contributed by atoms with E-state index in [1.54, 1.807) is 0 Å². The van der Waals surface area contributed by atoms with Gasteiger partial charge < -0.3 is 0 Å². The van der Waals surface area contributed by atoms with Crippen LogP contribution < -0.4 is 0 Å². The molecule has 0 saturated heterocycles. The highest BCUT2D eigenvalue weighted by atomic mass is 14.3. The van der Waals surface area contributed by atoms with Crippen molar-refractivity contribution in [3.63, 3.8) is 0 Å². The Labute approximate surface area is 68.7 Å². The summed E-state index contributed by atoms with van der Waals surface area (Å²) in [6.07, 6.45) is 9.11. The molecule has 1 heteroatoms. The average molecular weight is 149 g/mol. The molecule has 0 aliphatic heterocycles. The van der Waals surface area contributed by atoms with Crippen molar-refractivity contribution in [3.05, 3.63) is 12.2 Å². The quantitative estimate of drug-likeness (QED) is 0.554. The van der Waals surface area contributed by atoms with Gasteiger partial charge in [-0.3, -0.25) is 0 Å². The second-order valence-electron chi connectivity index (χ2n) is 3.17. The van der Waals surface area contributed by atoms with E-state index >= 15 is 0 Å². The highest BCUT2D eigenvalue weighted by Crippen LogP contribution is 2.26. The van der Waals surface area contributed by atoms with Gasteiger partial charge in [-0.25, -0.2) is 0 Å². The molecule has 0 fully saturated rings. The maximum Gasteiger partial charge on any atom is 0.0661 e. The summed E-state index contributed by atoms with van der Waals surface area (Å²) in [7, 11) is 0. The summed E-state index contributed by atoms with van der Waals surface area (Å²) in [5.74, 6) is 0.797. The van der Waals surface area contributed by atoms with E-state index in [0.717, 1.165) is 6.42 Å². The lowest BCUT2D eigenvalue weighted by molar-refractivity contribution is 0.419. The molecule has 2 unspecified atom stereocenters. The molecule has 0 aromatic heterocycles. The van der Waals surface area contributed by atoms with Crippen molar-refractivity contribution in [2.75, 3.05) is 0 Å². The molecule has 60 valence electrons. The van der Waals surface area contributed by atoms with Crippen molar-refractivity contribution in [3.8, 4) is 6.07 Å². The fourth-order valence-corrected chi connectivity index (χ4v) is 1.66. The molecule has 0 N–H and O–H groups in total. The summed E-state index contributed by atoms with van der Waals surface area (Å²) < 4.78 is 0. The van der Waals surface area contributed by atoms with Gasteiger partial charge in [-0.05, 0) is 31.6 Å². The van der Waals surface area contributed by atoms with Crippen molar-refractivity contribution in [2.24, 2.45) is 11.8 Å². The number of hydrogen-bond donors (Lipinski definition) is 0. The first kappa shape index (κ1) is 8.33. The lowest BCUT2D eigenvalue weighted by Gasteiger charge is -2.19. The Balaban J connectivity index is 2.51. The van der Waals surface area contributed by atoms with Crippen molar-refractivity contribution in [1.29, 1.82) is 5.26 Å². The zero-order chi connectivity index (χ0) is 8.10. The first-order chi connectivity index (χ1) is 5.38. The maximum atomic E-state index is 8.79.